The van der Waals surface area contributed by atoms with E-state index in [2.05, 4.69) is 10.1 Å². The zero-order chi connectivity index (χ0) is 13.5. The fourth-order valence-electron chi connectivity index (χ4n) is 2.23. The highest BCUT2D eigenvalue weighted by Gasteiger charge is 2.32. The zero-order valence-corrected chi connectivity index (χ0v) is 10.0. The van der Waals surface area contributed by atoms with E-state index < -0.39 is 11.7 Å². The summed E-state index contributed by atoms with van der Waals surface area (Å²) in [6.45, 7) is 0.610. The number of halogens is 3. The SMILES string of the molecule is FC(F)(F)c1cnc2cnn([C@@H]3CCCCO3)c2c1. The van der Waals surface area contributed by atoms with Crippen molar-refractivity contribution in [1.29, 1.82) is 0 Å². The third kappa shape index (κ3) is 2.30. The Morgan fingerprint density at radius 2 is 2.11 bits per heavy atom. The van der Waals surface area contributed by atoms with Gasteiger partial charge in [-0.3, -0.25) is 4.98 Å². The van der Waals surface area contributed by atoms with Gasteiger partial charge in [-0.1, -0.05) is 0 Å². The van der Waals surface area contributed by atoms with Crippen LogP contribution in [0.1, 0.15) is 31.1 Å². The Balaban J connectivity index is 2.05. The van der Waals surface area contributed by atoms with Crippen LogP contribution < -0.4 is 0 Å². The van der Waals surface area contributed by atoms with E-state index in [0.717, 1.165) is 31.5 Å². The molecule has 1 aliphatic rings. The van der Waals surface area contributed by atoms with Crippen molar-refractivity contribution >= 4 is 11.0 Å². The lowest BCUT2D eigenvalue weighted by molar-refractivity contribution is -0.137. The number of ether oxygens (including phenoxy) is 1. The molecule has 3 heterocycles. The number of alkyl halides is 3. The number of rotatable bonds is 1. The molecule has 0 amide bonds. The molecule has 1 fully saturated rings. The lowest BCUT2D eigenvalue weighted by Gasteiger charge is -2.23. The average molecular weight is 271 g/mol. The average Bonchev–Trinajstić information content (AvgIpc) is 2.81. The molecule has 19 heavy (non-hydrogen) atoms. The number of hydrogen-bond donors (Lipinski definition) is 0. The van der Waals surface area contributed by atoms with E-state index in [4.69, 9.17) is 4.74 Å². The first kappa shape index (κ1) is 12.4. The van der Waals surface area contributed by atoms with Crippen LogP contribution >= 0.6 is 0 Å². The minimum atomic E-state index is -4.40. The Bertz CT molecular complexity index is 587. The van der Waals surface area contributed by atoms with Crippen molar-refractivity contribution in [3.8, 4) is 0 Å². The number of nitrogens with zero attached hydrogens (tertiary/aromatic N) is 3. The van der Waals surface area contributed by atoms with Crippen LogP contribution in [0.2, 0.25) is 0 Å². The molecule has 0 saturated carbocycles. The Hall–Kier alpha value is -1.63. The van der Waals surface area contributed by atoms with Crippen LogP contribution in [0.4, 0.5) is 13.2 Å². The van der Waals surface area contributed by atoms with E-state index in [9.17, 15) is 13.2 Å². The van der Waals surface area contributed by atoms with Gasteiger partial charge < -0.3 is 4.74 Å². The second kappa shape index (κ2) is 4.48. The maximum Gasteiger partial charge on any atom is 0.417 e. The van der Waals surface area contributed by atoms with Gasteiger partial charge >= 0.3 is 6.18 Å². The number of hydrogen-bond acceptors (Lipinski definition) is 3. The standard InChI is InChI=1S/C12H12F3N3O/c13-12(14,15)8-5-10-9(16-6-8)7-17-18(10)11-3-1-2-4-19-11/h5-7,11H,1-4H2/t11-/m0/s1. The molecule has 0 unspecified atom stereocenters. The summed E-state index contributed by atoms with van der Waals surface area (Å²) in [6, 6.07) is 1.08. The van der Waals surface area contributed by atoms with E-state index in [1.807, 2.05) is 0 Å². The molecule has 3 rings (SSSR count). The van der Waals surface area contributed by atoms with E-state index >= 15 is 0 Å². The third-order valence-corrected chi connectivity index (χ3v) is 3.20. The van der Waals surface area contributed by atoms with E-state index in [0.29, 0.717) is 17.6 Å². The Kier molecular flexibility index (Phi) is 2.93. The molecular formula is C12H12F3N3O. The smallest absolute Gasteiger partial charge is 0.356 e. The zero-order valence-electron chi connectivity index (χ0n) is 10.0. The highest BCUT2D eigenvalue weighted by atomic mass is 19.4. The van der Waals surface area contributed by atoms with E-state index in [1.54, 1.807) is 0 Å². The summed E-state index contributed by atoms with van der Waals surface area (Å²) >= 11 is 0. The third-order valence-electron chi connectivity index (χ3n) is 3.20. The van der Waals surface area contributed by atoms with Gasteiger partial charge in [0.1, 0.15) is 5.52 Å². The highest BCUT2D eigenvalue weighted by molar-refractivity contribution is 5.74. The van der Waals surface area contributed by atoms with Gasteiger partial charge in [0.2, 0.25) is 0 Å². The number of pyridine rings is 1. The van der Waals surface area contributed by atoms with Gasteiger partial charge in [-0.15, -0.1) is 0 Å². The lowest BCUT2D eigenvalue weighted by atomic mass is 10.2. The van der Waals surface area contributed by atoms with Crippen molar-refractivity contribution in [2.75, 3.05) is 6.61 Å². The molecule has 102 valence electrons. The van der Waals surface area contributed by atoms with Crippen molar-refractivity contribution in [2.24, 2.45) is 0 Å². The molecule has 0 N–H and O–H groups in total. The molecule has 0 aliphatic carbocycles. The summed E-state index contributed by atoms with van der Waals surface area (Å²) in [7, 11) is 0. The summed E-state index contributed by atoms with van der Waals surface area (Å²) in [4.78, 5) is 3.80. The molecule has 0 radical (unpaired) electrons. The topological polar surface area (TPSA) is 39.9 Å². The fourth-order valence-corrected chi connectivity index (χ4v) is 2.23. The first-order valence-corrected chi connectivity index (χ1v) is 6.08. The Morgan fingerprint density at radius 1 is 1.26 bits per heavy atom. The normalized spacial score (nSPS) is 20.9. The summed E-state index contributed by atoms with van der Waals surface area (Å²) in [6.07, 6.45) is 0.317. The van der Waals surface area contributed by atoms with Gasteiger partial charge in [0.05, 0.1) is 17.3 Å². The Morgan fingerprint density at radius 3 is 2.79 bits per heavy atom. The highest BCUT2D eigenvalue weighted by Crippen LogP contribution is 2.32. The molecule has 2 aromatic rings. The van der Waals surface area contributed by atoms with Crippen molar-refractivity contribution in [2.45, 2.75) is 31.7 Å². The minimum absolute atomic E-state index is 0.295. The second-order valence-electron chi connectivity index (χ2n) is 4.54. The summed E-state index contributed by atoms with van der Waals surface area (Å²) in [5, 5.41) is 4.10. The van der Waals surface area contributed by atoms with Crippen LogP contribution in [-0.4, -0.2) is 21.4 Å². The van der Waals surface area contributed by atoms with Crippen molar-refractivity contribution < 1.29 is 17.9 Å². The van der Waals surface area contributed by atoms with E-state index in [1.165, 1.54) is 10.9 Å². The molecule has 4 nitrogen and oxygen atoms in total. The van der Waals surface area contributed by atoms with Gasteiger partial charge in [0, 0.05) is 12.8 Å². The quantitative estimate of drug-likeness (QED) is 0.800. The first-order chi connectivity index (χ1) is 9.05. The maximum atomic E-state index is 12.7. The monoisotopic (exact) mass is 271 g/mol. The van der Waals surface area contributed by atoms with Gasteiger partial charge in [0.15, 0.2) is 6.23 Å². The number of fused-ring (bicyclic) bond motifs is 1. The first-order valence-electron chi connectivity index (χ1n) is 6.08. The van der Waals surface area contributed by atoms with Crippen LogP contribution in [-0.2, 0) is 10.9 Å². The molecule has 0 aromatic carbocycles. The molecule has 0 spiro atoms. The van der Waals surface area contributed by atoms with Crippen molar-refractivity contribution in [3.05, 3.63) is 24.0 Å². The molecule has 1 aliphatic heterocycles. The molecule has 0 bridgehead atoms. The summed E-state index contributed by atoms with van der Waals surface area (Å²) in [5.41, 5.74) is 0.0430. The maximum absolute atomic E-state index is 12.7. The summed E-state index contributed by atoms with van der Waals surface area (Å²) in [5.74, 6) is 0. The molecule has 1 saturated heterocycles. The van der Waals surface area contributed by atoms with Crippen LogP contribution in [0, 0.1) is 0 Å². The van der Waals surface area contributed by atoms with Gasteiger partial charge in [-0.05, 0) is 25.3 Å². The van der Waals surface area contributed by atoms with Crippen LogP contribution in [0.15, 0.2) is 18.5 Å². The van der Waals surface area contributed by atoms with Gasteiger partial charge in [0.25, 0.3) is 0 Å². The van der Waals surface area contributed by atoms with Crippen molar-refractivity contribution in [1.82, 2.24) is 14.8 Å². The molecule has 1 atom stereocenters. The fraction of sp³-hybridized carbons (Fsp3) is 0.500. The predicted octanol–water partition coefficient (Wildman–Crippen LogP) is 3.15. The minimum Gasteiger partial charge on any atom is -0.356 e. The predicted molar refractivity (Wildman–Crippen MR) is 61.4 cm³/mol. The largest absolute Gasteiger partial charge is 0.417 e. The molecular weight excluding hydrogens is 259 g/mol. The van der Waals surface area contributed by atoms with Gasteiger partial charge in [-0.25, -0.2) is 4.68 Å². The van der Waals surface area contributed by atoms with Crippen LogP contribution in [0.3, 0.4) is 0 Å². The lowest BCUT2D eigenvalue weighted by Crippen LogP contribution is -2.19. The number of aromatic nitrogens is 3. The van der Waals surface area contributed by atoms with Crippen molar-refractivity contribution in [3.63, 3.8) is 0 Å². The van der Waals surface area contributed by atoms with Gasteiger partial charge in [-0.2, -0.15) is 18.3 Å². The van der Waals surface area contributed by atoms with E-state index in [-0.39, 0.29) is 6.23 Å². The van der Waals surface area contributed by atoms with Crippen LogP contribution in [0.25, 0.3) is 11.0 Å². The Labute approximate surface area is 107 Å². The molecule has 2 aromatic heterocycles. The molecule has 7 heteroatoms. The summed E-state index contributed by atoms with van der Waals surface area (Å²) < 4.78 is 45.1. The second-order valence-corrected chi connectivity index (χ2v) is 4.54. The van der Waals surface area contributed by atoms with Crippen LogP contribution in [0.5, 0.6) is 0 Å².